The van der Waals surface area contributed by atoms with Crippen LogP contribution in [0.3, 0.4) is 0 Å². The lowest BCUT2D eigenvalue weighted by Crippen LogP contribution is -2.54. The molecule has 1 amide bonds. The van der Waals surface area contributed by atoms with Crippen LogP contribution in [0.5, 0.6) is 11.5 Å². The molecule has 15 nitrogen and oxygen atoms in total. The van der Waals surface area contributed by atoms with E-state index in [1.54, 1.807) is 37.4 Å². The molecular formula is C30H37N3O12. The first kappa shape index (κ1) is 34.6. The van der Waals surface area contributed by atoms with Crippen LogP contribution in [0.2, 0.25) is 0 Å². The van der Waals surface area contributed by atoms with Crippen LogP contribution in [0, 0.1) is 0 Å². The summed E-state index contributed by atoms with van der Waals surface area (Å²) in [7, 11) is 1.76. The third kappa shape index (κ3) is 11.3. The van der Waals surface area contributed by atoms with Crippen molar-refractivity contribution < 1.29 is 57.1 Å². The molecule has 244 valence electrons. The van der Waals surface area contributed by atoms with E-state index in [9.17, 15) is 24.0 Å². The van der Waals surface area contributed by atoms with Crippen LogP contribution in [0.1, 0.15) is 39.2 Å². The van der Waals surface area contributed by atoms with Gasteiger partial charge in [-0.05, 0) is 42.0 Å². The number of nitrogens with one attached hydrogen (secondary N) is 2. The van der Waals surface area contributed by atoms with Crippen molar-refractivity contribution in [2.75, 3.05) is 30.8 Å². The van der Waals surface area contributed by atoms with Gasteiger partial charge in [0.2, 0.25) is 12.2 Å². The molecule has 45 heavy (non-hydrogen) atoms. The molecular weight excluding hydrogens is 594 g/mol. The number of rotatable bonds is 13. The number of anilines is 2. The molecule has 1 aliphatic heterocycles. The Morgan fingerprint density at radius 1 is 0.933 bits per heavy atom. The van der Waals surface area contributed by atoms with Crippen molar-refractivity contribution in [1.29, 1.82) is 0 Å². The Kier molecular flexibility index (Phi) is 12.9. The van der Waals surface area contributed by atoms with Gasteiger partial charge < -0.3 is 49.5 Å². The van der Waals surface area contributed by atoms with Gasteiger partial charge in [0.25, 0.3) is 0 Å². The summed E-state index contributed by atoms with van der Waals surface area (Å²) in [5, 5.41) is 5.67. The van der Waals surface area contributed by atoms with Crippen molar-refractivity contribution >= 4 is 41.3 Å². The molecule has 1 saturated heterocycles. The van der Waals surface area contributed by atoms with Gasteiger partial charge in [0.05, 0.1) is 12.1 Å². The summed E-state index contributed by atoms with van der Waals surface area (Å²) in [4.78, 5) is 59.9. The van der Waals surface area contributed by atoms with Gasteiger partial charge in [-0.2, -0.15) is 0 Å². The van der Waals surface area contributed by atoms with Crippen LogP contribution < -0.4 is 25.8 Å². The Bertz CT molecular complexity index is 1350. The predicted molar refractivity (Wildman–Crippen MR) is 157 cm³/mol. The molecule has 0 radical (unpaired) electrons. The van der Waals surface area contributed by atoms with Gasteiger partial charge >= 0.3 is 24.1 Å². The fourth-order valence-corrected chi connectivity index (χ4v) is 4.28. The monoisotopic (exact) mass is 631 g/mol. The molecule has 0 aromatic heterocycles. The minimum absolute atomic E-state index is 0.0157. The molecule has 1 aliphatic rings. The molecule has 2 aromatic rings. The molecule has 1 fully saturated rings. The van der Waals surface area contributed by atoms with Crippen LogP contribution in [0.15, 0.2) is 42.5 Å². The number of amides is 1. The SMILES string of the molecule is CNc1ccc(OC(=O)OCc2ccc(OC3CC(OC(C)=O)C(OC(C)=O)C(COC(C)=O)O3)c(NC(=O)CCN)c2)cc1. The average molecular weight is 632 g/mol. The molecule has 4 unspecified atom stereocenters. The summed E-state index contributed by atoms with van der Waals surface area (Å²) in [6.07, 6.45) is -5.24. The zero-order chi connectivity index (χ0) is 32.9. The lowest BCUT2D eigenvalue weighted by molar-refractivity contribution is -0.245. The summed E-state index contributed by atoms with van der Waals surface area (Å²) in [5.74, 6) is -1.87. The average Bonchev–Trinajstić information content (AvgIpc) is 2.97. The van der Waals surface area contributed by atoms with Crippen LogP contribution in [0.4, 0.5) is 16.2 Å². The largest absolute Gasteiger partial charge is 0.514 e. The fourth-order valence-electron chi connectivity index (χ4n) is 4.28. The number of hydrogen-bond donors (Lipinski definition) is 3. The lowest BCUT2D eigenvalue weighted by atomic mass is 10.0. The maximum atomic E-state index is 12.5. The van der Waals surface area contributed by atoms with E-state index >= 15 is 0 Å². The molecule has 0 aliphatic carbocycles. The van der Waals surface area contributed by atoms with E-state index in [0.717, 1.165) is 5.69 Å². The van der Waals surface area contributed by atoms with E-state index < -0.39 is 54.6 Å². The standard InChI is InChI=1S/C30H37N3O12/c1-17(34)39-16-26-29(42-19(3)36)25(41-18(2)35)14-28(45-26)44-24-10-5-20(13-23(24)33-27(37)11-12-31)15-40-30(38)43-22-8-6-21(32-4)7-9-22/h5-10,13,25-26,28-29,32H,11-12,14-16,31H2,1-4H3,(H,33,37). The number of esters is 3. The number of carbonyl (C=O) groups is 5. The Labute approximate surface area is 259 Å². The second-order valence-electron chi connectivity index (χ2n) is 9.81. The molecule has 1 heterocycles. The Hall–Kier alpha value is -4.89. The van der Waals surface area contributed by atoms with Gasteiger partial charge in [0, 0.05) is 46.5 Å². The summed E-state index contributed by atoms with van der Waals surface area (Å²) >= 11 is 0. The van der Waals surface area contributed by atoms with Crippen molar-refractivity contribution in [2.45, 2.75) is 64.8 Å². The van der Waals surface area contributed by atoms with Crippen molar-refractivity contribution in [2.24, 2.45) is 5.73 Å². The number of benzene rings is 2. The highest BCUT2D eigenvalue weighted by Gasteiger charge is 2.44. The van der Waals surface area contributed by atoms with Gasteiger partial charge in [0.1, 0.15) is 36.9 Å². The topological polar surface area (TPSA) is 200 Å². The Morgan fingerprint density at radius 2 is 1.64 bits per heavy atom. The first-order chi connectivity index (χ1) is 21.5. The highest BCUT2D eigenvalue weighted by Crippen LogP contribution is 2.33. The molecule has 3 rings (SSSR count). The molecule has 2 aromatic carbocycles. The molecule has 4 atom stereocenters. The number of hydrogen-bond acceptors (Lipinski definition) is 14. The maximum absolute atomic E-state index is 12.5. The van der Waals surface area contributed by atoms with Gasteiger partial charge in [-0.3, -0.25) is 19.2 Å². The second-order valence-corrected chi connectivity index (χ2v) is 9.81. The predicted octanol–water partition coefficient (Wildman–Crippen LogP) is 2.65. The second kappa shape index (κ2) is 16.8. The van der Waals surface area contributed by atoms with E-state index in [-0.39, 0.29) is 44.0 Å². The van der Waals surface area contributed by atoms with Crippen molar-refractivity contribution in [3.63, 3.8) is 0 Å². The zero-order valence-corrected chi connectivity index (χ0v) is 25.4. The van der Waals surface area contributed by atoms with Crippen LogP contribution in [-0.2, 0) is 49.5 Å². The van der Waals surface area contributed by atoms with E-state index in [1.165, 1.54) is 32.9 Å². The van der Waals surface area contributed by atoms with Crippen molar-refractivity contribution in [3.05, 3.63) is 48.0 Å². The minimum Gasteiger partial charge on any atom is -0.463 e. The van der Waals surface area contributed by atoms with Gasteiger partial charge in [0.15, 0.2) is 6.10 Å². The molecule has 4 N–H and O–H groups in total. The smallest absolute Gasteiger partial charge is 0.463 e. The van der Waals surface area contributed by atoms with Gasteiger partial charge in [-0.15, -0.1) is 0 Å². The zero-order valence-electron chi connectivity index (χ0n) is 25.4. The number of carbonyl (C=O) groups excluding carboxylic acids is 5. The fraction of sp³-hybridized carbons (Fsp3) is 0.433. The summed E-state index contributed by atoms with van der Waals surface area (Å²) in [6.45, 7) is 3.14. The quantitative estimate of drug-likeness (QED) is 0.165. The number of ether oxygens (including phenoxy) is 7. The molecule has 15 heteroatoms. The third-order valence-corrected chi connectivity index (χ3v) is 6.20. The van der Waals surface area contributed by atoms with Crippen molar-refractivity contribution in [1.82, 2.24) is 0 Å². The van der Waals surface area contributed by atoms with Crippen LogP contribution in [-0.4, -0.2) is 74.8 Å². The highest BCUT2D eigenvalue weighted by molar-refractivity contribution is 5.92. The van der Waals surface area contributed by atoms with E-state index in [2.05, 4.69) is 10.6 Å². The summed E-state index contributed by atoms with van der Waals surface area (Å²) in [5.41, 5.74) is 7.06. The van der Waals surface area contributed by atoms with E-state index in [1.807, 2.05) is 0 Å². The van der Waals surface area contributed by atoms with Gasteiger partial charge in [-0.25, -0.2) is 4.79 Å². The number of nitrogens with two attached hydrogens (primary N) is 1. The summed E-state index contributed by atoms with van der Waals surface area (Å²) in [6, 6.07) is 11.3. The van der Waals surface area contributed by atoms with Crippen molar-refractivity contribution in [3.8, 4) is 11.5 Å². The highest BCUT2D eigenvalue weighted by atomic mass is 16.7. The lowest BCUT2D eigenvalue weighted by Gasteiger charge is -2.40. The Morgan fingerprint density at radius 3 is 2.27 bits per heavy atom. The molecule has 0 bridgehead atoms. The van der Waals surface area contributed by atoms with E-state index in [4.69, 9.17) is 38.9 Å². The normalized spacial score (nSPS) is 19.0. The molecule has 0 saturated carbocycles. The van der Waals surface area contributed by atoms with Gasteiger partial charge in [-0.1, -0.05) is 6.07 Å². The first-order valence-corrected chi connectivity index (χ1v) is 14.0. The first-order valence-electron chi connectivity index (χ1n) is 14.0. The Balaban J connectivity index is 1.79. The third-order valence-electron chi connectivity index (χ3n) is 6.20. The van der Waals surface area contributed by atoms with Crippen LogP contribution in [0.25, 0.3) is 0 Å². The van der Waals surface area contributed by atoms with Crippen LogP contribution >= 0.6 is 0 Å². The molecule has 0 spiro atoms. The summed E-state index contributed by atoms with van der Waals surface area (Å²) < 4.78 is 38.3. The van der Waals surface area contributed by atoms with E-state index in [0.29, 0.717) is 11.3 Å². The minimum atomic E-state index is -1.10. The maximum Gasteiger partial charge on any atom is 0.514 e.